The maximum absolute atomic E-state index is 10.7. The second kappa shape index (κ2) is 3.46. The van der Waals surface area contributed by atoms with Crippen LogP contribution in [0.25, 0.3) is 0 Å². The highest BCUT2D eigenvalue weighted by Gasteiger charge is 2.22. The lowest BCUT2D eigenvalue weighted by Crippen LogP contribution is -2.13. The summed E-state index contributed by atoms with van der Waals surface area (Å²) in [6, 6.07) is 3.03. The molecule has 0 radical (unpaired) electrons. The van der Waals surface area contributed by atoms with Crippen LogP contribution in [-0.4, -0.2) is 11.5 Å². The highest BCUT2D eigenvalue weighted by atomic mass is 35.5. The van der Waals surface area contributed by atoms with Crippen molar-refractivity contribution in [3.8, 4) is 0 Å². The fraction of sp³-hybridized carbons (Fsp3) is 0.333. The molecule has 0 aromatic heterocycles. The SMILES string of the molecule is O=[N+]([O-])c1ccc(Cl)c2c1NCCC2. The molecule has 14 heavy (non-hydrogen) atoms. The van der Waals surface area contributed by atoms with Crippen molar-refractivity contribution in [2.45, 2.75) is 12.8 Å². The topological polar surface area (TPSA) is 55.2 Å². The average molecular weight is 213 g/mol. The first kappa shape index (κ1) is 9.27. The van der Waals surface area contributed by atoms with Gasteiger partial charge >= 0.3 is 0 Å². The van der Waals surface area contributed by atoms with Crippen molar-refractivity contribution in [1.82, 2.24) is 0 Å². The van der Waals surface area contributed by atoms with Gasteiger partial charge in [0.25, 0.3) is 5.69 Å². The second-order valence-corrected chi connectivity index (χ2v) is 3.61. The van der Waals surface area contributed by atoms with Gasteiger partial charge in [0.2, 0.25) is 0 Å². The number of anilines is 1. The van der Waals surface area contributed by atoms with E-state index in [0.717, 1.165) is 24.9 Å². The zero-order valence-corrected chi connectivity index (χ0v) is 8.17. The predicted octanol–water partition coefficient (Wildman–Crippen LogP) is 2.61. The van der Waals surface area contributed by atoms with E-state index < -0.39 is 0 Å². The van der Waals surface area contributed by atoms with Crippen LogP contribution in [0.5, 0.6) is 0 Å². The van der Waals surface area contributed by atoms with E-state index in [4.69, 9.17) is 11.6 Å². The van der Waals surface area contributed by atoms with Gasteiger partial charge in [-0.2, -0.15) is 0 Å². The van der Waals surface area contributed by atoms with Crippen molar-refractivity contribution in [1.29, 1.82) is 0 Å². The van der Waals surface area contributed by atoms with Crippen molar-refractivity contribution >= 4 is 23.0 Å². The predicted molar refractivity (Wildman–Crippen MR) is 54.9 cm³/mol. The molecule has 1 aliphatic heterocycles. The van der Waals surface area contributed by atoms with Crippen molar-refractivity contribution in [3.05, 3.63) is 32.8 Å². The van der Waals surface area contributed by atoms with Gasteiger partial charge in [-0.05, 0) is 18.9 Å². The number of rotatable bonds is 1. The number of benzene rings is 1. The van der Waals surface area contributed by atoms with Crippen LogP contribution in [0.4, 0.5) is 11.4 Å². The maximum atomic E-state index is 10.7. The number of hydrogen-bond donors (Lipinski definition) is 1. The van der Waals surface area contributed by atoms with Crippen LogP contribution in [-0.2, 0) is 6.42 Å². The Hall–Kier alpha value is -1.29. The molecule has 1 aromatic rings. The molecule has 74 valence electrons. The Bertz CT molecular complexity index is 393. The minimum absolute atomic E-state index is 0.115. The number of nitro groups is 1. The summed E-state index contributed by atoms with van der Waals surface area (Å²) in [5.74, 6) is 0. The molecule has 0 aliphatic carbocycles. The molecule has 4 nitrogen and oxygen atoms in total. The summed E-state index contributed by atoms with van der Waals surface area (Å²) in [7, 11) is 0. The Morgan fingerprint density at radius 3 is 3.00 bits per heavy atom. The van der Waals surface area contributed by atoms with E-state index >= 15 is 0 Å². The second-order valence-electron chi connectivity index (χ2n) is 3.21. The Balaban J connectivity index is 2.59. The lowest BCUT2D eigenvalue weighted by atomic mass is 10.0. The van der Waals surface area contributed by atoms with E-state index in [1.807, 2.05) is 0 Å². The van der Waals surface area contributed by atoms with Gasteiger partial charge in [0.1, 0.15) is 5.69 Å². The molecule has 0 fully saturated rings. The first-order chi connectivity index (χ1) is 6.70. The molecule has 0 amide bonds. The molecule has 0 unspecified atom stereocenters. The molecule has 1 aromatic carbocycles. The summed E-state index contributed by atoms with van der Waals surface area (Å²) < 4.78 is 0. The van der Waals surface area contributed by atoms with Crippen LogP contribution in [0.2, 0.25) is 5.02 Å². The summed E-state index contributed by atoms with van der Waals surface area (Å²) in [5.41, 5.74) is 1.57. The monoisotopic (exact) mass is 212 g/mol. The van der Waals surface area contributed by atoms with Gasteiger partial charge in [-0.15, -0.1) is 0 Å². The summed E-state index contributed by atoms with van der Waals surface area (Å²) >= 11 is 5.96. The van der Waals surface area contributed by atoms with Crippen molar-refractivity contribution in [2.75, 3.05) is 11.9 Å². The summed E-state index contributed by atoms with van der Waals surface area (Å²) in [6.07, 6.45) is 1.77. The maximum Gasteiger partial charge on any atom is 0.292 e. The summed E-state index contributed by atoms with van der Waals surface area (Å²) in [6.45, 7) is 0.772. The number of nitrogens with one attached hydrogen (secondary N) is 1. The number of nitrogens with zero attached hydrogens (tertiary/aromatic N) is 1. The van der Waals surface area contributed by atoms with Gasteiger partial charge in [-0.25, -0.2) is 0 Å². The largest absolute Gasteiger partial charge is 0.379 e. The summed E-state index contributed by atoms with van der Waals surface area (Å²) in [4.78, 5) is 10.3. The lowest BCUT2D eigenvalue weighted by Gasteiger charge is -2.18. The van der Waals surface area contributed by atoms with E-state index in [1.54, 1.807) is 6.07 Å². The smallest absolute Gasteiger partial charge is 0.292 e. The zero-order chi connectivity index (χ0) is 10.1. The molecule has 1 aliphatic rings. The van der Waals surface area contributed by atoms with Crippen molar-refractivity contribution in [3.63, 3.8) is 0 Å². The fourth-order valence-corrected chi connectivity index (χ4v) is 1.93. The summed E-state index contributed by atoms with van der Waals surface area (Å²) in [5, 5.41) is 14.3. The molecular weight excluding hydrogens is 204 g/mol. The molecule has 0 atom stereocenters. The molecule has 1 heterocycles. The van der Waals surface area contributed by atoms with Gasteiger partial charge in [0, 0.05) is 23.2 Å². The standard InChI is InChI=1S/C9H9ClN2O2/c10-7-3-4-8(12(13)14)9-6(7)2-1-5-11-9/h3-4,11H,1-2,5H2. The number of nitro benzene ring substituents is 1. The third kappa shape index (κ3) is 1.42. The van der Waals surface area contributed by atoms with Gasteiger partial charge in [-0.3, -0.25) is 10.1 Å². The quantitative estimate of drug-likeness (QED) is 0.575. The molecule has 0 bridgehead atoms. The van der Waals surface area contributed by atoms with Crippen LogP contribution >= 0.6 is 11.6 Å². The van der Waals surface area contributed by atoms with E-state index in [9.17, 15) is 10.1 Å². The van der Waals surface area contributed by atoms with Crippen molar-refractivity contribution < 1.29 is 4.92 Å². The van der Waals surface area contributed by atoms with Crippen molar-refractivity contribution in [2.24, 2.45) is 0 Å². The Kier molecular flexibility index (Phi) is 2.29. The highest BCUT2D eigenvalue weighted by molar-refractivity contribution is 6.32. The average Bonchev–Trinajstić information content (AvgIpc) is 2.18. The zero-order valence-electron chi connectivity index (χ0n) is 7.42. The van der Waals surface area contributed by atoms with Gasteiger partial charge < -0.3 is 5.32 Å². The lowest BCUT2D eigenvalue weighted by molar-refractivity contribution is -0.384. The first-order valence-electron chi connectivity index (χ1n) is 4.40. The molecule has 0 saturated carbocycles. The first-order valence-corrected chi connectivity index (χ1v) is 4.77. The Morgan fingerprint density at radius 2 is 2.29 bits per heavy atom. The van der Waals surface area contributed by atoms with E-state index in [0.29, 0.717) is 10.7 Å². The Labute approximate surface area is 86.0 Å². The van der Waals surface area contributed by atoms with Gasteiger partial charge in [0.15, 0.2) is 0 Å². The third-order valence-corrected chi connectivity index (χ3v) is 2.69. The molecule has 0 saturated heterocycles. The van der Waals surface area contributed by atoms with E-state index in [-0.39, 0.29) is 10.6 Å². The normalized spacial score (nSPS) is 14.4. The van der Waals surface area contributed by atoms with Gasteiger partial charge in [0.05, 0.1) is 4.92 Å². The van der Waals surface area contributed by atoms with Crippen LogP contribution in [0.1, 0.15) is 12.0 Å². The molecule has 2 rings (SSSR count). The Morgan fingerprint density at radius 1 is 1.50 bits per heavy atom. The van der Waals surface area contributed by atoms with Gasteiger partial charge in [-0.1, -0.05) is 11.6 Å². The van der Waals surface area contributed by atoms with Crippen LogP contribution in [0, 0.1) is 10.1 Å². The third-order valence-electron chi connectivity index (χ3n) is 2.34. The molecule has 1 N–H and O–H groups in total. The minimum atomic E-state index is -0.381. The van der Waals surface area contributed by atoms with E-state index in [2.05, 4.69) is 5.32 Å². The van der Waals surface area contributed by atoms with Crippen LogP contribution in [0.3, 0.4) is 0 Å². The number of hydrogen-bond acceptors (Lipinski definition) is 3. The number of fused-ring (bicyclic) bond motifs is 1. The fourth-order valence-electron chi connectivity index (χ4n) is 1.68. The van der Waals surface area contributed by atoms with Crippen LogP contribution in [0.15, 0.2) is 12.1 Å². The van der Waals surface area contributed by atoms with Crippen LogP contribution < -0.4 is 5.32 Å². The molecule has 0 spiro atoms. The number of halogens is 1. The molecule has 5 heteroatoms. The minimum Gasteiger partial charge on any atom is -0.379 e. The molecular formula is C9H9ClN2O2. The highest BCUT2D eigenvalue weighted by Crippen LogP contribution is 2.36. The van der Waals surface area contributed by atoms with E-state index in [1.165, 1.54) is 6.07 Å².